The molecule has 0 bridgehead atoms. The van der Waals surface area contributed by atoms with Crippen LogP contribution in [0, 0.1) is 6.92 Å². The predicted molar refractivity (Wildman–Crippen MR) is 67.8 cm³/mol. The number of halogens is 1. The van der Waals surface area contributed by atoms with E-state index < -0.39 is 0 Å². The molecule has 0 N–H and O–H groups in total. The van der Waals surface area contributed by atoms with Gasteiger partial charge in [-0.15, -0.1) is 11.3 Å². The van der Waals surface area contributed by atoms with Crippen LogP contribution < -0.4 is 0 Å². The van der Waals surface area contributed by atoms with E-state index in [4.69, 9.17) is 0 Å². The van der Waals surface area contributed by atoms with Crippen molar-refractivity contribution in [1.82, 2.24) is 9.97 Å². The molecule has 4 heteroatoms. The SMILES string of the molecule is Cc1ccncc1-c1csc(CI)n1. The van der Waals surface area contributed by atoms with Crippen LogP contribution >= 0.6 is 33.9 Å². The second-order valence-corrected chi connectivity index (χ2v) is 4.66. The summed E-state index contributed by atoms with van der Waals surface area (Å²) < 4.78 is 0.974. The molecule has 14 heavy (non-hydrogen) atoms. The number of aryl methyl sites for hydroxylation is 1. The molecule has 0 aromatic carbocycles. The van der Waals surface area contributed by atoms with Gasteiger partial charge in [-0.1, -0.05) is 22.6 Å². The van der Waals surface area contributed by atoms with Gasteiger partial charge in [-0.25, -0.2) is 4.98 Å². The molecule has 0 radical (unpaired) electrons. The van der Waals surface area contributed by atoms with E-state index in [2.05, 4.69) is 44.9 Å². The second kappa shape index (κ2) is 4.35. The number of nitrogens with zero attached hydrogens (tertiary/aromatic N) is 2. The van der Waals surface area contributed by atoms with Crippen molar-refractivity contribution in [3.8, 4) is 11.3 Å². The number of thiazole rings is 1. The van der Waals surface area contributed by atoms with Crippen LogP contribution in [0.4, 0.5) is 0 Å². The zero-order valence-electron chi connectivity index (χ0n) is 7.70. The summed E-state index contributed by atoms with van der Waals surface area (Å²) in [6.45, 7) is 2.08. The average molecular weight is 316 g/mol. The summed E-state index contributed by atoms with van der Waals surface area (Å²) in [5.41, 5.74) is 3.41. The number of aromatic nitrogens is 2. The van der Waals surface area contributed by atoms with Crippen molar-refractivity contribution in [2.45, 2.75) is 11.4 Å². The Morgan fingerprint density at radius 1 is 1.50 bits per heavy atom. The van der Waals surface area contributed by atoms with E-state index in [1.807, 2.05) is 18.5 Å². The van der Waals surface area contributed by atoms with Crippen LogP contribution in [0.15, 0.2) is 23.8 Å². The molecular weight excluding hydrogens is 307 g/mol. The van der Waals surface area contributed by atoms with E-state index in [0.29, 0.717) is 0 Å². The summed E-state index contributed by atoms with van der Waals surface area (Å²) in [6.07, 6.45) is 3.69. The van der Waals surface area contributed by atoms with Gasteiger partial charge in [0, 0.05) is 23.3 Å². The fourth-order valence-corrected chi connectivity index (χ4v) is 2.58. The smallest absolute Gasteiger partial charge is 0.103 e. The molecule has 2 heterocycles. The summed E-state index contributed by atoms with van der Waals surface area (Å²) in [5.74, 6) is 0. The Morgan fingerprint density at radius 2 is 2.36 bits per heavy atom. The Hall–Kier alpha value is -0.490. The Kier molecular flexibility index (Phi) is 3.12. The zero-order chi connectivity index (χ0) is 9.97. The molecule has 0 aliphatic carbocycles. The predicted octanol–water partition coefficient (Wildman–Crippen LogP) is 3.45. The highest BCUT2D eigenvalue weighted by Gasteiger charge is 2.05. The first-order chi connectivity index (χ1) is 6.81. The van der Waals surface area contributed by atoms with Gasteiger partial charge in [0.1, 0.15) is 5.01 Å². The highest BCUT2D eigenvalue weighted by Crippen LogP contribution is 2.24. The monoisotopic (exact) mass is 316 g/mol. The third-order valence-corrected chi connectivity index (χ3v) is 4.07. The summed E-state index contributed by atoms with van der Waals surface area (Å²) in [6, 6.07) is 2.01. The first-order valence-corrected chi connectivity index (χ1v) is 6.63. The van der Waals surface area contributed by atoms with Crippen LogP contribution in [-0.4, -0.2) is 9.97 Å². The van der Waals surface area contributed by atoms with Gasteiger partial charge in [0.05, 0.1) is 10.1 Å². The Labute approximate surface area is 101 Å². The maximum absolute atomic E-state index is 4.53. The van der Waals surface area contributed by atoms with Gasteiger partial charge in [-0.2, -0.15) is 0 Å². The molecule has 0 atom stereocenters. The topological polar surface area (TPSA) is 25.8 Å². The second-order valence-electron chi connectivity index (χ2n) is 2.95. The molecule has 72 valence electrons. The van der Waals surface area contributed by atoms with E-state index in [0.717, 1.165) is 15.7 Å². The molecule has 0 saturated carbocycles. The Bertz CT molecular complexity index is 439. The standard InChI is InChI=1S/C10H9IN2S/c1-7-2-3-12-5-8(7)9-6-14-10(4-11)13-9/h2-3,5-6H,4H2,1H3. The summed E-state index contributed by atoms with van der Waals surface area (Å²) in [4.78, 5) is 8.65. The highest BCUT2D eigenvalue weighted by molar-refractivity contribution is 14.1. The van der Waals surface area contributed by atoms with Gasteiger partial charge in [0.15, 0.2) is 0 Å². The van der Waals surface area contributed by atoms with E-state index in [9.17, 15) is 0 Å². The maximum Gasteiger partial charge on any atom is 0.103 e. The first kappa shape index (κ1) is 10.0. The molecule has 2 aromatic heterocycles. The molecule has 0 saturated heterocycles. The molecule has 0 amide bonds. The van der Waals surface area contributed by atoms with Crippen molar-refractivity contribution in [1.29, 1.82) is 0 Å². The molecule has 0 aliphatic rings. The molecule has 0 aliphatic heterocycles. The van der Waals surface area contributed by atoms with Crippen molar-refractivity contribution in [2.75, 3.05) is 0 Å². The van der Waals surface area contributed by atoms with Gasteiger partial charge in [-0.3, -0.25) is 4.98 Å². The van der Waals surface area contributed by atoms with Gasteiger partial charge in [0.2, 0.25) is 0 Å². The number of hydrogen-bond acceptors (Lipinski definition) is 3. The van der Waals surface area contributed by atoms with Crippen LogP contribution in [0.3, 0.4) is 0 Å². The van der Waals surface area contributed by atoms with Gasteiger partial charge >= 0.3 is 0 Å². The van der Waals surface area contributed by atoms with Crippen LogP contribution in [0.2, 0.25) is 0 Å². The van der Waals surface area contributed by atoms with E-state index in [1.165, 1.54) is 10.6 Å². The lowest BCUT2D eigenvalue weighted by atomic mass is 10.1. The molecule has 0 spiro atoms. The minimum atomic E-state index is 0.974. The Morgan fingerprint density at radius 3 is 3.00 bits per heavy atom. The average Bonchev–Trinajstić information content (AvgIpc) is 2.67. The van der Waals surface area contributed by atoms with Crippen molar-refractivity contribution in [3.05, 3.63) is 34.4 Å². The van der Waals surface area contributed by atoms with Crippen LogP contribution in [0.5, 0.6) is 0 Å². The van der Waals surface area contributed by atoms with Crippen LogP contribution in [0.25, 0.3) is 11.3 Å². The van der Waals surface area contributed by atoms with E-state index in [-0.39, 0.29) is 0 Å². The first-order valence-electron chi connectivity index (χ1n) is 4.22. The summed E-state index contributed by atoms with van der Waals surface area (Å²) >= 11 is 4.03. The lowest BCUT2D eigenvalue weighted by molar-refractivity contribution is 1.24. The van der Waals surface area contributed by atoms with Crippen molar-refractivity contribution in [2.24, 2.45) is 0 Å². The third kappa shape index (κ3) is 1.95. The summed E-state index contributed by atoms with van der Waals surface area (Å²) in [7, 11) is 0. The normalized spacial score (nSPS) is 10.4. The molecule has 0 fully saturated rings. The zero-order valence-corrected chi connectivity index (χ0v) is 10.7. The number of pyridine rings is 1. The van der Waals surface area contributed by atoms with Crippen LogP contribution in [-0.2, 0) is 4.43 Å². The fourth-order valence-electron chi connectivity index (χ4n) is 1.23. The highest BCUT2D eigenvalue weighted by atomic mass is 127. The van der Waals surface area contributed by atoms with Crippen molar-refractivity contribution in [3.63, 3.8) is 0 Å². The summed E-state index contributed by atoms with van der Waals surface area (Å²) in [5, 5.41) is 3.27. The van der Waals surface area contributed by atoms with Gasteiger partial charge in [0.25, 0.3) is 0 Å². The Balaban J connectivity index is 2.44. The number of rotatable bonds is 2. The third-order valence-electron chi connectivity index (χ3n) is 1.98. The van der Waals surface area contributed by atoms with E-state index in [1.54, 1.807) is 11.3 Å². The lowest BCUT2D eigenvalue weighted by Crippen LogP contribution is -1.85. The largest absolute Gasteiger partial charge is 0.264 e. The molecular formula is C10H9IN2S. The fraction of sp³-hybridized carbons (Fsp3) is 0.200. The van der Waals surface area contributed by atoms with Crippen molar-refractivity contribution < 1.29 is 0 Å². The number of hydrogen-bond donors (Lipinski definition) is 0. The molecule has 2 nitrogen and oxygen atoms in total. The lowest BCUT2D eigenvalue weighted by Gasteiger charge is -1.99. The van der Waals surface area contributed by atoms with Gasteiger partial charge in [-0.05, 0) is 18.6 Å². The minimum absolute atomic E-state index is 0.974. The van der Waals surface area contributed by atoms with Crippen molar-refractivity contribution >= 4 is 33.9 Å². The molecule has 2 rings (SSSR count). The number of alkyl halides is 1. The minimum Gasteiger partial charge on any atom is -0.264 e. The molecule has 0 unspecified atom stereocenters. The quantitative estimate of drug-likeness (QED) is 0.626. The van der Waals surface area contributed by atoms with Gasteiger partial charge < -0.3 is 0 Å². The molecule has 2 aromatic rings. The van der Waals surface area contributed by atoms with E-state index >= 15 is 0 Å². The maximum atomic E-state index is 4.53. The van der Waals surface area contributed by atoms with Crippen LogP contribution in [0.1, 0.15) is 10.6 Å².